The molecule has 0 fully saturated rings. The van der Waals surface area contributed by atoms with Gasteiger partial charge in [0, 0.05) is 27.6 Å². The summed E-state index contributed by atoms with van der Waals surface area (Å²) in [6.07, 6.45) is 5.12. The molecule has 0 radical (unpaired) electrons. The van der Waals surface area contributed by atoms with Gasteiger partial charge in [0.05, 0.1) is 13.0 Å². The monoisotopic (exact) mass is 424 g/mol. The average Bonchev–Trinajstić information content (AvgIpc) is 2.75. The zero-order chi connectivity index (χ0) is 21.8. The lowest BCUT2D eigenvalue weighted by molar-refractivity contribution is -0.143. The maximum Gasteiger partial charge on any atom is 0.306 e. The van der Waals surface area contributed by atoms with Gasteiger partial charge in [-0.15, -0.1) is 0 Å². The second-order valence-corrected chi connectivity index (χ2v) is 7.69. The van der Waals surface area contributed by atoms with Crippen LogP contribution in [0, 0.1) is 17.8 Å². The minimum atomic E-state index is -0.341. The van der Waals surface area contributed by atoms with Gasteiger partial charge in [-0.1, -0.05) is 68.2 Å². The molecule has 2 aromatic rings. The van der Waals surface area contributed by atoms with Crippen LogP contribution in [0.2, 0.25) is 5.02 Å². The van der Waals surface area contributed by atoms with E-state index in [9.17, 15) is 9.59 Å². The first-order chi connectivity index (χ1) is 14.5. The van der Waals surface area contributed by atoms with Crippen LogP contribution >= 0.6 is 11.6 Å². The van der Waals surface area contributed by atoms with Gasteiger partial charge in [-0.05, 0) is 49.7 Å². The molecular weight excluding hydrogens is 396 g/mol. The molecule has 4 heteroatoms. The third kappa shape index (κ3) is 8.05. The number of benzene rings is 2. The fraction of sp³-hybridized carbons (Fsp3) is 0.385. The maximum atomic E-state index is 13.0. The largest absolute Gasteiger partial charge is 0.466 e. The number of carbonyl (C=O) groups is 2. The Morgan fingerprint density at radius 1 is 0.900 bits per heavy atom. The molecule has 0 aliphatic heterocycles. The van der Waals surface area contributed by atoms with Gasteiger partial charge in [0.15, 0.2) is 5.78 Å². The topological polar surface area (TPSA) is 43.4 Å². The van der Waals surface area contributed by atoms with Crippen LogP contribution in [0.3, 0.4) is 0 Å². The highest BCUT2D eigenvalue weighted by molar-refractivity contribution is 6.30. The summed E-state index contributed by atoms with van der Waals surface area (Å²) in [5, 5.41) is 0.676. The second-order valence-electron chi connectivity index (χ2n) is 7.25. The lowest BCUT2D eigenvalue weighted by atomic mass is 9.89. The van der Waals surface area contributed by atoms with Gasteiger partial charge in [0.25, 0.3) is 0 Å². The first kappa shape index (κ1) is 23.7. The zero-order valence-electron chi connectivity index (χ0n) is 17.7. The van der Waals surface area contributed by atoms with E-state index in [-0.39, 0.29) is 24.1 Å². The van der Waals surface area contributed by atoms with Crippen LogP contribution < -0.4 is 0 Å². The Morgan fingerprint density at radius 3 is 2.07 bits per heavy atom. The number of rotatable bonds is 10. The van der Waals surface area contributed by atoms with Crippen LogP contribution in [-0.2, 0) is 9.53 Å². The summed E-state index contributed by atoms with van der Waals surface area (Å²) in [7, 11) is 0. The van der Waals surface area contributed by atoms with E-state index in [0.717, 1.165) is 36.8 Å². The first-order valence-electron chi connectivity index (χ1n) is 10.6. The summed E-state index contributed by atoms with van der Waals surface area (Å²) < 4.78 is 5.07. The van der Waals surface area contributed by atoms with E-state index in [1.54, 1.807) is 31.2 Å². The summed E-state index contributed by atoms with van der Waals surface area (Å²) in [5.74, 6) is 5.53. The Hall–Kier alpha value is -2.57. The quantitative estimate of drug-likeness (QED) is 0.190. The summed E-state index contributed by atoms with van der Waals surface area (Å²) in [6, 6.07) is 14.6. The van der Waals surface area contributed by atoms with E-state index < -0.39 is 0 Å². The zero-order valence-corrected chi connectivity index (χ0v) is 18.5. The highest BCUT2D eigenvalue weighted by Gasteiger charge is 2.23. The van der Waals surface area contributed by atoms with Crippen molar-refractivity contribution >= 4 is 23.4 Å². The molecule has 0 spiro atoms. The maximum absolute atomic E-state index is 13.0. The van der Waals surface area contributed by atoms with E-state index >= 15 is 0 Å². The average molecular weight is 425 g/mol. The minimum Gasteiger partial charge on any atom is -0.466 e. The number of halogens is 1. The van der Waals surface area contributed by atoms with Crippen molar-refractivity contribution in [3.63, 3.8) is 0 Å². The molecule has 0 saturated heterocycles. The van der Waals surface area contributed by atoms with E-state index in [0.29, 0.717) is 23.6 Å². The fourth-order valence-electron chi connectivity index (χ4n) is 3.20. The highest BCUT2D eigenvalue weighted by atomic mass is 35.5. The van der Waals surface area contributed by atoms with Gasteiger partial charge in [0.1, 0.15) is 0 Å². The van der Waals surface area contributed by atoms with Gasteiger partial charge in [-0.3, -0.25) is 9.59 Å². The van der Waals surface area contributed by atoms with Crippen molar-refractivity contribution in [2.45, 2.75) is 52.4 Å². The van der Waals surface area contributed by atoms with Crippen molar-refractivity contribution in [3.05, 3.63) is 70.2 Å². The van der Waals surface area contributed by atoms with Gasteiger partial charge >= 0.3 is 5.97 Å². The van der Waals surface area contributed by atoms with Crippen LogP contribution in [0.1, 0.15) is 73.9 Å². The van der Waals surface area contributed by atoms with Crippen molar-refractivity contribution in [1.82, 2.24) is 0 Å². The third-order valence-electron chi connectivity index (χ3n) is 4.86. The number of ketones is 1. The standard InChI is InChI=1S/C26H29ClO3/c1-3-5-6-7-8-23(19-25(28)30-4-2)26(29)22-15-11-20(12-16-22)9-10-21-13-17-24(27)18-14-21/h11-18,23H,3-8,19H2,1-2H3. The van der Waals surface area contributed by atoms with Crippen LogP contribution in [0.25, 0.3) is 0 Å². The Bertz CT molecular complexity index is 873. The van der Waals surface area contributed by atoms with E-state index in [1.165, 1.54) is 0 Å². The number of Topliss-reactive ketones (excluding diaryl/α,β-unsaturated/α-hetero) is 1. The van der Waals surface area contributed by atoms with Gasteiger partial charge in [-0.25, -0.2) is 0 Å². The number of hydrogen-bond acceptors (Lipinski definition) is 3. The Balaban J connectivity index is 2.07. The second kappa shape index (κ2) is 12.9. The summed E-state index contributed by atoms with van der Waals surface area (Å²) in [5.41, 5.74) is 2.31. The molecular formula is C26H29ClO3. The Kier molecular flexibility index (Phi) is 10.2. The minimum absolute atomic E-state index is 0.00300. The van der Waals surface area contributed by atoms with Gasteiger partial charge in [0.2, 0.25) is 0 Å². The molecule has 0 saturated carbocycles. The van der Waals surface area contributed by atoms with Crippen LogP contribution in [0.4, 0.5) is 0 Å². The molecule has 1 unspecified atom stereocenters. The van der Waals surface area contributed by atoms with Crippen molar-refractivity contribution in [2.75, 3.05) is 6.61 Å². The number of hydrogen-bond donors (Lipinski definition) is 0. The molecule has 0 heterocycles. The van der Waals surface area contributed by atoms with Crippen LogP contribution in [-0.4, -0.2) is 18.4 Å². The molecule has 1 atom stereocenters. The predicted molar refractivity (Wildman–Crippen MR) is 122 cm³/mol. The highest BCUT2D eigenvalue weighted by Crippen LogP contribution is 2.21. The van der Waals surface area contributed by atoms with Crippen molar-refractivity contribution in [1.29, 1.82) is 0 Å². The summed E-state index contributed by atoms with van der Waals surface area (Å²) >= 11 is 5.89. The lowest BCUT2D eigenvalue weighted by Crippen LogP contribution is -2.20. The Labute approximate surface area is 184 Å². The van der Waals surface area contributed by atoms with E-state index in [2.05, 4.69) is 18.8 Å². The van der Waals surface area contributed by atoms with Crippen molar-refractivity contribution in [3.8, 4) is 11.8 Å². The van der Waals surface area contributed by atoms with E-state index in [4.69, 9.17) is 16.3 Å². The number of esters is 1. The van der Waals surface area contributed by atoms with Gasteiger partial charge < -0.3 is 4.74 Å². The molecule has 0 aliphatic rings. The molecule has 0 amide bonds. The number of carbonyl (C=O) groups excluding carboxylic acids is 2. The van der Waals surface area contributed by atoms with Crippen molar-refractivity contribution in [2.24, 2.45) is 5.92 Å². The molecule has 30 heavy (non-hydrogen) atoms. The smallest absolute Gasteiger partial charge is 0.306 e. The molecule has 0 bridgehead atoms. The lowest BCUT2D eigenvalue weighted by Gasteiger charge is -2.15. The van der Waals surface area contributed by atoms with Crippen LogP contribution in [0.5, 0.6) is 0 Å². The molecule has 158 valence electrons. The molecule has 2 rings (SSSR count). The number of ether oxygens (including phenoxy) is 1. The fourth-order valence-corrected chi connectivity index (χ4v) is 3.32. The van der Waals surface area contributed by atoms with Crippen molar-refractivity contribution < 1.29 is 14.3 Å². The van der Waals surface area contributed by atoms with E-state index in [1.807, 2.05) is 24.3 Å². The van der Waals surface area contributed by atoms with Crippen LogP contribution in [0.15, 0.2) is 48.5 Å². The molecule has 3 nitrogen and oxygen atoms in total. The predicted octanol–water partition coefficient (Wildman–Crippen LogP) is 6.46. The van der Waals surface area contributed by atoms with Gasteiger partial charge in [-0.2, -0.15) is 0 Å². The SMILES string of the molecule is CCCCCCC(CC(=O)OCC)C(=O)c1ccc(C#Cc2ccc(Cl)cc2)cc1. The molecule has 2 aromatic carbocycles. The molecule has 0 aliphatic carbocycles. The third-order valence-corrected chi connectivity index (χ3v) is 5.11. The number of unbranched alkanes of at least 4 members (excludes halogenated alkanes) is 3. The molecule has 0 N–H and O–H groups in total. The Morgan fingerprint density at radius 2 is 1.50 bits per heavy atom. The molecule has 0 aromatic heterocycles. The normalized spacial score (nSPS) is 11.3. The summed E-state index contributed by atoms with van der Waals surface area (Å²) in [6.45, 7) is 4.26. The first-order valence-corrected chi connectivity index (χ1v) is 11.0. The summed E-state index contributed by atoms with van der Waals surface area (Å²) in [4.78, 5) is 25.0.